The first kappa shape index (κ1) is 24.9. The van der Waals surface area contributed by atoms with Crippen LogP contribution < -0.4 is 5.32 Å². The lowest BCUT2D eigenvalue weighted by Crippen LogP contribution is -2.64. The first-order valence-electron chi connectivity index (χ1n) is 10.5. The summed E-state index contributed by atoms with van der Waals surface area (Å²) in [5, 5.41) is 3.90. The molecule has 0 aromatic carbocycles. The summed E-state index contributed by atoms with van der Waals surface area (Å²) in [7, 11) is 6.88. The van der Waals surface area contributed by atoms with Crippen molar-refractivity contribution in [1.82, 2.24) is 20.0 Å². The topological polar surface area (TPSA) is 21.8 Å². The van der Waals surface area contributed by atoms with Gasteiger partial charge in [0.15, 0.2) is 0 Å². The van der Waals surface area contributed by atoms with Crippen LogP contribution in [0.5, 0.6) is 0 Å². The normalized spacial score (nSPS) is 28.9. The van der Waals surface area contributed by atoms with Crippen molar-refractivity contribution >= 4 is 0 Å². The summed E-state index contributed by atoms with van der Waals surface area (Å²) in [4.78, 5) is 7.69. The van der Waals surface area contributed by atoms with Crippen molar-refractivity contribution in [3.8, 4) is 0 Å². The SMILES string of the molecule is C.CN(CNC1CC(C)(C)N(C)C(C)(C)C1)C1CC(C)(C)N(C)C(C)(C)C1. The third-order valence-electron chi connectivity index (χ3n) is 7.85. The molecule has 2 aliphatic heterocycles. The van der Waals surface area contributed by atoms with E-state index in [0.717, 1.165) is 6.67 Å². The van der Waals surface area contributed by atoms with Gasteiger partial charge < -0.3 is 5.32 Å². The molecule has 2 saturated heterocycles. The van der Waals surface area contributed by atoms with Crippen LogP contribution in [-0.2, 0) is 0 Å². The fraction of sp³-hybridized carbons (Fsp3) is 1.00. The van der Waals surface area contributed by atoms with Gasteiger partial charge in [-0.15, -0.1) is 0 Å². The average Bonchev–Trinajstić information content (AvgIpc) is 2.46. The quantitative estimate of drug-likeness (QED) is 0.727. The molecule has 0 unspecified atom stereocenters. The molecule has 0 bridgehead atoms. The Hall–Kier alpha value is -0.160. The molecule has 0 aromatic rings. The Kier molecular flexibility index (Phi) is 7.31. The lowest BCUT2D eigenvalue weighted by molar-refractivity contribution is -0.0481. The monoisotopic (exact) mass is 382 g/mol. The van der Waals surface area contributed by atoms with E-state index in [1.54, 1.807) is 0 Å². The van der Waals surface area contributed by atoms with Gasteiger partial charge in [0.05, 0.1) is 0 Å². The van der Waals surface area contributed by atoms with E-state index in [1.807, 2.05) is 0 Å². The Morgan fingerprint density at radius 1 is 0.741 bits per heavy atom. The van der Waals surface area contributed by atoms with E-state index in [-0.39, 0.29) is 29.6 Å². The molecule has 0 amide bonds. The number of rotatable bonds is 4. The number of hydrogen-bond donors (Lipinski definition) is 1. The maximum atomic E-state index is 3.90. The van der Waals surface area contributed by atoms with Gasteiger partial charge >= 0.3 is 0 Å². The van der Waals surface area contributed by atoms with Gasteiger partial charge in [-0.3, -0.25) is 14.7 Å². The molecule has 4 nitrogen and oxygen atoms in total. The van der Waals surface area contributed by atoms with Crippen LogP contribution in [0, 0.1) is 0 Å². The van der Waals surface area contributed by atoms with Crippen LogP contribution in [0.25, 0.3) is 0 Å². The molecule has 2 heterocycles. The van der Waals surface area contributed by atoms with Crippen LogP contribution in [0.3, 0.4) is 0 Å². The van der Waals surface area contributed by atoms with Crippen molar-refractivity contribution in [2.75, 3.05) is 27.8 Å². The highest BCUT2D eigenvalue weighted by molar-refractivity contribution is 5.02. The summed E-state index contributed by atoms with van der Waals surface area (Å²) in [6, 6.07) is 1.22. The molecule has 0 aromatic heterocycles. The van der Waals surface area contributed by atoms with Gasteiger partial charge in [0.25, 0.3) is 0 Å². The van der Waals surface area contributed by atoms with Gasteiger partial charge in [-0.25, -0.2) is 0 Å². The highest BCUT2D eigenvalue weighted by atomic mass is 15.3. The second-order valence-corrected chi connectivity index (χ2v) is 11.7. The summed E-state index contributed by atoms with van der Waals surface area (Å²) < 4.78 is 0. The minimum atomic E-state index is 0. The predicted molar refractivity (Wildman–Crippen MR) is 120 cm³/mol. The fourth-order valence-electron chi connectivity index (χ4n) is 5.55. The lowest BCUT2D eigenvalue weighted by atomic mass is 9.77. The summed E-state index contributed by atoms with van der Waals surface area (Å²) >= 11 is 0. The van der Waals surface area contributed by atoms with Crippen LogP contribution in [0.1, 0.15) is 88.5 Å². The van der Waals surface area contributed by atoms with Crippen molar-refractivity contribution in [3.63, 3.8) is 0 Å². The van der Waals surface area contributed by atoms with E-state index in [4.69, 9.17) is 0 Å². The molecule has 0 radical (unpaired) electrons. The molecule has 0 atom stereocenters. The summed E-state index contributed by atoms with van der Waals surface area (Å²) in [6.45, 7) is 20.1. The van der Waals surface area contributed by atoms with Crippen molar-refractivity contribution < 1.29 is 0 Å². The van der Waals surface area contributed by atoms with Crippen LogP contribution in [0.2, 0.25) is 0 Å². The number of hydrogen-bond acceptors (Lipinski definition) is 4. The van der Waals surface area contributed by atoms with Crippen LogP contribution >= 0.6 is 0 Å². The van der Waals surface area contributed by atoms with Crippen molar-refractivity contribution in [3.05, 3.63) is 0 Å². The second-order valence-electron chi connectivity index (χ2n) is 11.7. The maximum Gasteiger partial charge on any atom is 0.0482 e. The predicted octanol–water partition coefficient (Wildman–Crippen LogP) is 4.40. The lowest BCUT2D eigenvalue weighted by Gasteiger charge is -2.56. The minimum Gasteiger partial charge on any atom is -0.301 e. The zero-order valence-electron chi connectivity index (χ0n) is 19.5. The van der Waals surface area contributed by atoms with E-state index in [2.05, 4.69) is 96.5 Å². The van der Waals surface area contributed by atoms with Crippen molar-refractivity contribution in [1.29, 1.82) is 0 Å². The molecule has 0 aliphatic carbocycles. The van der Waals surface area contributed by atoms with Crippen LogP contribution in [-0.4, -0.2) is 76.8 Å². The molecular formula is C23H50N4. The van der Waals surface area contributed by atoms with Crippen LogP contribution in [0.15, 0.2) is 0 Å². The fourth-order valence-corrected chi connectivity index (χ4v) is 5.55. The Balaban J connectivity index is 0.00000364. The van der Waals surface area contributed by atoms with Crippen molar-refractivity contribution in [2.24, 2.45) is 0 Å². The van der Waals surface area contributed by atoms with Crippen LogP contribution in [0.4, 0.5) is 0 Å². The Labute approximate surface area is 171 Å². The number of piperidine rings is 2. The van der Waals surface area contributed by atoms with Crippen molar-refractivity contribution in [2.45, 2.75) is 123 Å². The Bertz CT molecular complexity index is 459. The molecule has 2 aliphatic rings. The molecule has 0 saturated carbocycles. The van der Waals surface area contributed by atoms with Gasteiger partial charge in [-0.05, 0) is 102 Å². The standard InChI is InChI=1S/C22H46N4.CH4/c1-19(2)12-17(13-20(3,4)25(19)10)23-16-24(9)18-14-21(5,6)26(11)22(7,8)15-18;/h17-18,23H,12-16H2,1-11H3;1H4. The van der Waals surface area contributed by atoms with Gasteiger partial charge in [0.1, 0.15) is 0 Å². The first-order valence-corrected chi connectivity index (χ1v) is 10.5. The molecule has 0 spiro atoms. The Morgan fingerprint density at radius 2 is 1.07 bits per heavy atom. The van der Waals surface area contributed by atoms with E-state index >= 15 is 0 Å². The van der Waals surface area contributed by atoms with E-state index < -0.39 is 0 Å². The molecular weight excluding hydrogens is 332 g/mol. The molecule has 4 heteroatoms. The Morgan fingerprint density at radius 3 is 1.44 bits per heavy atom. The van der Waals surface area contributed by atoms with Gasteiger partial charge in [-0.1, -0.05) is 7.43 Å². The number of nitrogens with one attached hydrogen (secondary N) is 1. The first-order chi connectivity index (χ1) is 11.6. The smallest absolute Gasteiger partial charge is 0.0482 e. The minimum absolute atomic E-state index is 0. The molecule has 2 rings (SSSR count). The van der Waals surface area contributed by atoms with E-state index in [1.165, 1.54) is 25.7 Å². The molecule has 2 fully saturated rings. The average molecular weight is 383 g/mol. The zero-order chi connectivity index (χ0) is 20.1. The van der Waals surface area contributed by atoms with Gasteiger partial charge in [0, 0.05) is 40.9 Å². The summed E-state index contributed by atoms with van der Waals surface area (Å²) in [5.74, 6) is 0. The molecule has 1 N–H and O–H groups in total. The molecule has 27 heavy (non-hydrogen) atoms. The van der Waals surface area contributed by atoms with E-state index in [9.17, 15) is 0 Å². The zero-order valence-corrected chi connectivity index (χ0v) is 19.5. The maximum absolute atomic E-state index is 3.90. The summed E-state index contributed by atoms with van der Waals surface area (Å²) in [5.41, 5.74) is 0.988. The number of likely N-dealkylation sites (tertiary alicyclic amines) is 2. The highest BCUT2D eigenvalue weighted by Gasteiger charge is 2.45. The summed E-state index contributed by atoms with van der Waals surface area (Å²) in [6.07, 6.45) is 4.89. The number of nitrogens with zero attached hydrogens (tertiary/aromatic N) is 3. The van der Waals surface area contributed by atoms with Gasteiger partial charge in [-0.2, -0.15) is 0 Å². The van der Waals surface area contributed by atoms with Gasteiger partial charge in [0.2, 0.25) is 0 Å². The third kappa shape index (κ3) is 5.26. The highest BCUT2D eigenvalue weighted by Crippen LogP contribution is 2.39. The molecule has 162 valence electrons. The largest absolute Gasteiger partial charge is 0.301 e. The third-order valence-corrected chi connectivity index (χ3v) is 7.85. The second kappa shape index (κ2) is 7.93. The van der Waals surface area contributed by atoms with E-state index in [0.29, 0.717) is 12.1 Å².